The zero-order chi connectivity index (χ0) is 8.67. The molecular formula is C11H20N2. The molecule has 13 heavy (non-hydrogen) atoms. The molecule has 4 unspecified atom stereocenters. The number of nitrogens with one attached hydrogen (secondary N) is 2. The molecule has 0 aromatic heterocycles. The van der Waals surface area contributed by atoms with E-state index < -0.39 is 0 Å². The number of hydrogen-bond donors (Lipinski definition) is 2. The van der Waals surface area contributed by atoms with Gasteiger partial charge in [0.25, 0.3) is 0 Å². The molecule has 2 N–H and O–H groups in total. The largest absolute Gasteiger partial charge is 0.316 e. The summed E-state index contributed by atoms with van der Waals surface area (Å²) < 4.78 is 0. The molecule has 0 amide bonds. The van der Waals surface area contributed by atoms with Crippen LogP contribution in [0.3, 0.4) is 0 Å². The first-order valence-electron chi connectivity index (χ1n) is 5.90. The van der Waals surface area contributed by atoms with Crippen LogP contribution in [0.15, 0.2) is 0 Å². The van der Waals surface area contributed by atoms with E-state index in [4.69, 9.17) is 0 Å². The van der Waals surface area contributed by atoms with Crippen molar-refractivity contribution in [1.29, 1.82) is 0 Å². The molecule has 3 aliphatic rings. The highest BCUT2D eigenvalue weighted by Gasteiger charge is 2.42. The first kappa shape index (κ1) is 8.25. The minimum atomic E-state index is 0.884. The van der Waals surface area contributed by atoms with Crippen molar-refractivity contribution in [3.8, 4) is 0 Å². The number of hydrogen-bond acceptors (Lipinski definition) is 2. The van der Waals surface area contributed by atoms with Crippen molar-refractivity contribution in [2.24, 2.45) is 11.8 Å². The molecule has 0 saturated carbocycles. The second-order valence-electron chi connectivity index (χ2n) is 5.05. The van der Waals surface area contributed by atoms with Gasteiger partial charge >= 0.3 is 0 Å². The molecule has 0 spiro atoms. The van der Waals surface area contributed by atoms with Gasteiger partial charge in [-0.1, -0.05) is 0 Å². The SMILES string of the molecule is C1CNCC(C2CC3CCC2N3)C1. The van der Waals surface area contributed by atoms with Gasteiger partial charge in [0.2, 0.25) is 0 Å². The van der Waals surface area contributed by atoms with Crippen molar-refractivity contribution in [2.45, 2.75) is 44.2 Å². The van der Waals surface area contributed by atoms with E-state index in [1.807, 2.05) is 0 Å². The smallest absolute Gasteiger partial charge is 0.0102 e. The van der Waals surface area contributed by atoms with Gasteiger partial charge in [0, 0.05) is 12.1 Å². The van der Waals surface area contributed by atoms with E-state index in [0.29, 0.717) is 0 Å². The molecule has 0 radical (unpaired) electrons. The topological polar surface area (TPSA) is 24.1 Å². The summed E-state index contributed by atoms with van der Waals surface area (Å²) in [5, 5.41) is 7.29. The Morgan fingerprint density at radius 2 is 2.08 bits per heavy atom. The van der Waals surface area contributed by atoms with Gasteiger partial charge in [-0.2, -0.15) is 0 Å². The first-order valence-corrected chi connectivity index (χ1v) is 5.90. The summed E-state index contributed by atoms with van der Waals surface area (Å²) in [5.74, 6) is 1.99. The summed E-state index contributed by atoms with van der Waals surface area (Å²) >= 11 is 0. The van der Waals surface area contributed by atoms with E-state index in [-0.39, 0.29) is 0 Å². The maximum Gasteiger partial charge on any atom is 0.0102 e. The van der Waals surface area contributed by atoms with Gasteiger partial charge in [0.1, 0.15) is 0 Å². The van der Waals surface area contributed by atoms with Gasteiger partial charge in [0.15, 0.2) is 0 Å². The van der Waals surface area contributed by atoms with E-state index in [1.54, 1.807) is 0 Å². The third-order valence-electron chi connectivity index (χ3n) is 4.29. The highest BCUT2D eigenvalue weighted by atomic mass is 15.0. The predicted molar refractivity (Wildman–Crippen MR) is 53.6 cm³/mol. The van der Waals surface area contributed by atoms with Crippen LogP contribution in [-0.4, -0.2) is 25.2 Å². The van der Waals surface area contributed by atoms with Crippen LogP contribution in [0.4, 0.5) is 0 Å². The minimum Gasteiger partial charge on any atom is -0.316 e. The van der Waals surface area contributed by atoms with Gasteiger partial charge in [-0.25, -0.2) is 0 Å². The van der Waals surface area contributed by atoms with Crippen molar-refractivity contribution in [2.75, 3.05) is 13.1 Å². The normalized spacial score (nSPS) is 49.8. The minimum absolute atomic E-state index is 0.884. The summed E-state index contributed by atoms with van der Waals surface area (Å²) in [6.45, 7) is 2.54. The molecule has 2 bridgehead atoms. The Morgan fingerprint density at radius 1 is 1.08 bits per heavy atom. The summed E-state index contributed by atoms with van der Waals surface area (Å²) in [6.07, 6.45) is 7.24. The maximum atomic E-state index is 3.75. The molecule has 74 valence electrons. The van der Waals surface area contributed by atoms with Gasteiger partial charge in [-0.3, -0.25) is 0 Å². The molecule has 0 aliphatic carbocycles. The molecule has 3 fully saturated rings. The van der Waals surface area contributed by atoms with Crippen LogP contribution >= 0.6 is 0 Å². The lowest BCUT2D eigenvalue weighted by Crippen LogP contribution is -2.38. The Balaban J connectivity index is 1.65. The third-order valence-corrected chi connectivity index (χ3v) is 4.29. The number of fused-ring (bicyclic) bond motifs is 2. The quantitative estimate of drug-likeness (QED) is 0.632. The molecule has 2 heteroatoms. The van der Waals surface area contributed by atoms with Crippen molar-refractivity contribution in [1.82, 2.24) is 10.6 Å². The predicted octanol–water partition coefficient (Wildman–Crippen LogP) is 1.13. The molecule has 3 rings (SSSR count). The van der Waals surface area contributed by atoms with Crippen LogP contribution in [0.5, 0.6) is 0 Å². The van der Waals surface area contributed by atoms with Crippen LogP contribution in [0, 0.1) is 11.8 Å². The van der Waals surface area contributed by atoms with Crippen molar-refractivity contribution in [3.05, 3.63) is 0 Å². The Hall–Kier alpha value is -0.0800. The molecule has 3 saturated heterocycles. The standard InChI is InChI=1S/C11H20N2/c1-2-8(7-12-5-1)10-6-9-3-4-11(10)13-9/h8-13H,1-7H2. The van der Waals surface area contributed by atoms with Crippen LogP contribution in [-0.2, 0) is 0 Å². The highest BCUT2D eigenvalue weighted by molar-refractivity contribution is 5.00. The zero-order valence-corrected chi connectivity index (χ0v) is 8.26. The molecule has 0 aromatic rings. The lowest BCUT2D eigenvalue weighted by molar-refractivity contribution is 0.226. The Bertz CT molecular complexity index is 187. The summed E-state index contributed by atoms with van der Waals surface area (Å²) in [6, 6.07) is 1.77. The van der Waals surface area contributed by atoms with Crippen molar-refractivity contribution < 1.29 is 0 Å². The van der Waals surface area contributed by atoms with Crippen molar-refractivity contribution >= 4 is 0 Å². The summed E-state index contributed by atoms with van der Waals surface area (Å²) in [4.78, 5) is 0. The third kappa shape index (κ3) is 1.40. The Kier molecular flexibility index (Phi) is 2.06. The van der Waals surface area contributed by atoms with Gasteiger partial charge in [-0.05, 0) is 57.0 Å². The lowest BCUT2D eigenvalue weighted by Gasteiger charge is -2.32. The monoisotopic (exact) mass is 180 g/mol. The average molecular weight is 180 g/mol. The van der Waals surface area contributed by atoms with Crippen molar-refractivity contribution in [3.63, 3.8) is 0 Å². The second-order valence-corrected chi connectivity index (χ2v) is 5.05. The lowest BCUT2D eigenvalue weighted by atomic mass is 9.77. The molecule has 4 atom stereocenters. The highest BCUT2D eigenvalue weighted by Crippen LogP contribution is 2.39. The second kappa shape index (κ2) is 3.25. The fourth-order valence-corrected chi connectivity index (χ4v) is 3.63. The van der Waals surface area contributed by atoms with Crippen LogP contribution < -0.4 is 10.6 Å². The van der Waals surface area contributed by atoms with E-state index in [9.17, 15) is 0 Å². The molecule has 2 nitrogen and oxygen atoms in total. The van der Waals surface area contributed by atoms with Crippen LogP contribution in [0.2, 0.25) is 0 Å². The van der Waals surface area contributed by atoms with E-state index in [0.717, 1.165) is 23.9 Å². The summed E-state index contributed by atoms with van der Waals surface area (Å²) in [7, 11) is 0. The van der Waals surface area contributed by atoms with E-state index in [2.05, 4.69) is 10.6 Å². The Labute approximate surface area is 80.5 Å². The van der Waals surface area contributed by atoms with Crippen LogP contribution in [0.1, 0.15) is 32.1 Å². The molecular weight excluding hydrogens is 160 g/mol. The zero-order valence-electron chi connectivity index (χ0n) is 8.26. The summed E-state index contributed by atoms with van der Waals surface area (Å²) in [5.41, 5.74) is 0. The average Bonchev–Trinajstić information content (AvgIpc) is 2.80. The number of rotatable bonds is 1. The van der Waals surface area contributed by atoms with Gasteiger partial charge in [0.05, 0.1) is 0 Å². The molecule has 0 aromatic carbocycles. The Morgan fingerprint density at radius 3 is 2.69 bits per heavy atom. The van der Waals surface area contributed by atoms with E-state index >= 15 is 0 Å². The number of piperidine rings is 1. The van der Waals surface area contributed by atoms with Gasteiger partial charge < -0.3 is 10.6 Å². The molecule has 3 heterocycles. The van der Waals surface area contributed by atoms with Gasteiger partial charge in [-0.15, -0.1) is 0 Å². The fraction of sp³-hybridized carbons (Fsp3) is 1.00. The fourth-order valence-electron chi connectivity index (χ4n) is 3.63. The van der Waals surface area contributed by atoms with Crippen LogP contribution in [0.25, 0.3) is 0 Å². The first-order chi connectivity index (χ1) is 6.43. The molecule has 3 aliphatic heterocycles. The maximum absolute atomic E-state index is 3.75. The van der Waals surface area contributed by atoms with E-state index in [1.165, 1.54) is 45.2 Å².